The summed E-state index contributed by atoms with van der Waals surface area (Å²) < 4.78 is 28.4. The van der Waals surface area contributed by atoms with Crippen LogP contribution in [0.2, 0.25) is 0 Å². The van der Waals surface area contributed by atoms with Crippen molar-refractivity contribution in [1.29, 1.82) is 0 Å². The number of benzene rings is 1. The summed E-state index contributed by atoms with van der Waals surface area (Å²) in [5, 5.41) is 3.39. The smallest absolute Gasteiger partial charge is 0.285 e. The van der Waals surface area contributed by atoms with Gasteiger partial charge in [0.1, 0.15) is 0 Å². The molecule has 0 radical (unpaired) electrons. The average molecular weight is 268 g/mol. The van der Waals surface area contributed by atoms with E-state index in [1.807, 2.05) is 4.90 Å². The number of halogens is 2. The Morgan fingerprint density at radius 2 is 2.05 bits per heavy atom. The third-order valence-electron chi connectivity index (χ3n) is 3.60. The molecular formula is C15H22F2N2. The van der Waals surface area contributed by atoms with E-state index in [-0.39, 0.29) is 12.1 Å². The van der Waals surface area contributed by atoms with E-state index in [1.54, 1.807) is 18.2 Å². The van der Waals surface area contributed by atoms with Crippen molar-refractivity contribution < 1.29 is 8.78 Å². The Labute approximate surface area is 113 Å². The summed E-state index contributed by atoms with van der Waals surface area (Å²) in [7, 11) is 0. The predicted molar refractivity (Wildman–Crippen MR) is 73.5 cm³/mol. The molecule has 1 fully saturated rings. The summed E-state index contributed by atoms with van der Waals surface area (Å²) >= 11 is 0. The molecule has 0 spiro atoms. The fraction of sp³-hybridized carbons (Fsp3) is 0.600. The first-order valence-corrected chi connectivity index (χ1v) is 7.01. The van der Waals surface area contributed by atoms with Gasteiger partial charge in [0.2, 0.25) is 0 Å². The van der Waals surface area contributed by atoms with Crippen LogP contribution in [-0.2, 0) is 5.92 Å². The summed E-state index contributed by atoms with van der Waals surface area (Å²) in [5.74, 6) is -2.77. The molecule has 1 aliphatic rings. The minimum Gasteiger partial charge on any atom is -0.311 e. The van der Waals surface area contributed by atoms with Crippen LogP contribution in [-0.4, -0.2) is 37.1 Å². The van der Waals surface area contributed by atoms with Crippen molar-refractivity contribution in [2.45, 2.75) is 31.7 Å². The van der Waals surface area contributed by atoms with Crippen LogP contribution in [0.4, 0.5) is 8.78 Å². The highest BCUT2D eigenvalue weighted by Gasteiger charge is 2.35. The highest BCUT2D eigenvalue weighted by molar-refractivity contribution is 5.20. The van der Waals surface area contributed by atoms with Crippen molar-refractivity contribution in [2.24, 2.45) is 0 Å². The molecule has 1 heterocycles. The quantitative estimate of drug-likeness (QED) is 0.883. The Kier molecular flexibility index (Phi) is 4.88. The number of nitrogens with zero attached hydrogens (tertiary/aromatic N) is 1. The van der Waals surface area contributed by atoms with Crippen LogP contribution < -0.4 is 5.32 Å². The Hall–Kier alpha value is -1.00. The van der Waals surface area contributed by atoms with Gasteiger partial charge in [-0.15, -0.1) is 0 Å². The molecular weight excluding hydrogens is 246 g/mol. The normalized spacial score (nSPS) is 21.5. The van der Waals surface area contributed by atoms with Crippen LogP contribution in [0.5, 0.6) is 0 Å². The van der Waals surface area contributed by atoms with Crippen molar-refractivity contribution in [2.75, 3.05) is 26.2 Å². The van der Waals surface area contributed by atoms with Gasteiger partial charge in [0.15, 0.2) is 0 Å². The van der Waals surface area contributed by atoms with E-state index in [2.05, 4.69) is 12.2 Å². The lowest BCUT2D eigenvalue weighted by Gasteiger charge is -2.35. The van der Waals surface area contributed by atoms with Gasteiger partial charge in [0, 0.05) is 31.2 Å². The van der Waals surface area contributed by atoms with Crippen molar-refractivity contribution in [3.8, 4) is 0 Å². The Bertz CT molecular complexity index is 379. The second-order valence-electron chi connectivity index (χ2n) is 5.25. The average Bonchev–Trinajstić information content (AvgIpc) is 2.40. The zero-order valence-corrected chi connectivity index (χ0v) is 11.4. The van der Waals surface area contributed by atoms with Crippen LogP contribution in [0, 0.1) is 0 Å². The second-order valence-corrected chi connectivity index (χ2v) is 5.25. The number of hydrogen-bond donors (Lipinski definition) is 1. The van der Waals surface area contributed by atoms with Crippen LogP contribution in [0.15, 0.2) is 30.3 Å². The summed E-state index contributed by atoms with van der Waals surface area (Å²) in [4.78, 5) is 1.88. The van der Waals surface area contributed by atoms with Gasteiger partial charge < -0.3 is 5.32 Å². The number of nitrogens with one attached hydrogen (secondary N) is 1. The van der Waals surface area contributed by atoms with E-state index in [0.717, 1.165) is 25.9 Å². The summed E-state index contributed by atoms with van der Waals surface area (Å²) in [5.41, 5.74) is 0.112. The first-order valence-electron chi connectivity index (χ1n) is 7.01. The largest absolute Gasteiger partial charge is 0.311 e. The van der Waals surface area contributed by atoms with E-state index in [0.29, 0.717) is 12.6 Å². The number of rotatable bonds is 5. The molecule has 2 nitrogen and oxygen atoms in total. The van der Waals surface area contributed by atoms with Gasteiger partial charge in [-0.25, -0.2) is 0 Å². The molecule has 106 valence electrons. The summed E-state index contributed by atoms with van der Waals surface area (Å²) in [6, 6.07) is 8.46. The SMILES string of the molecule is CCCC1CN(CC(F)(F)c2ccccc2)CCN1. The molecule has 0 saturated carbocycles. The van der Waals surface area contributed by atoms with Crippen molar-refractivity contribution in [3.05, 3.63) is 35.9 Å². The van der Waals surface area contributed by atoms with Gasteiger partial charge in [-0.1, -0.05) is 43.7 Å². The van der Waals surface area contributed by atoms with E-state index in [1.165, 1.54) is 12.1 Å². The molecule has 1 N–H and O–H groups in total. The maximum absolute atomic E-state index is 14.2. The fourth-order valence-corrected chi connectivity index (χ4v) is 2.63. The van der Waals surface area contributed by atoms with Gasteiger partial charge >= 0.3 is 0 Å². The maximum atomic E-state index is 14.2. The van der Waals surface area contributed by atoms with E-state index in [4.69, 9.17) is 0 Å². The fourth-order valence-electron chi connectivity index (χ4n) is 2.63. The number of piperazine rings is 1. The highest BCUT2D eigenvalue weighted by Crippen LogP contribution is 2.29. The molecule has 1 aromatic carbocycles. The van der Waals surface area contributed by atoms with Crippen LogP contribution in [0.3, 0.4) is 0 Å². The molecule has 0 bridgehead atoms. The Balaban J connectivity index is 1.96. The van der Waals surface area contributed by atoms with Gasteiger partial charge in [-0.3, -0.25) is 4.90 Å². The maximum Gasteiger partial charge on any atom is 0.285 e. The minimum absolute atomic E-state index is 0.112. The molecule has 4 heteroatoms. The summed E-state index contributed by atoms with van der Waals surface area (Å²) in [6.07, 6.45) is 2.13. The first-order chi connectivity index (χ1) is 9.12. The Morgan fingerprint density at radius 1 is 1.32 bits per heavy atom. The van der Waals surface area contributed by atoms with E-state index >= 15 is 0 Å². The number of hydrogen-bond acceptors (Lipinski definition) is 2. The topological polar surface area (TPSA) is 15.3 Å². The molecule has 0 aromatic heterocycles. The van der Waals surface area contributed by atoms with E-state index < -0.39 is 5.92 Å². The monoisotopic (exact) mass is 268 g/mol. The van der Waals surface area contributed by atoms with E-state index in [9.17, 15) is 8.78 Å². The molecule has 1 saturated heterocycles. The molecule has 1 aliphatic heterocycles. The van der Waals surface area contributed by atoms with Crippen molar-refractivity contribution in [3.63, 3.8) is 0 Å². The van der Waals surface area contributed by atoms with Gasteiger partial charge in [-0.2, -0.15) is 8.78 Å². The standard InChI is InChI=1S/C15H22F2N2/c1-2-6-14-11-19(10-9-18-14)12-15(16,17)13-7-4-3-5-8-13/h3-5,7-8,14,18H,2,6,9-12H2,1H3. The third-order valence-corrected chi connectivity index (χ3v) is 3.60. The Morgan fingerprint density at radius 3 is 2.74 bits per heavy atom. The van der Waals surface area contributed by atoms with Crippen molar-refractivity contribution in [1.82, 2.24) is 10.2 Å². The lowest BCUT2D eigenvalue weighted by Crippen LogP contribution is -2.52. The highest BCUT2D eigenvalue weighted by atomic mass is 19.3. The molecule has 1 unspecified atom stereocenters. The lowest BCUT2D eigenvalue weighted by molar-refractivity contribution is -0.0435. The van der Waals surface area contributed by atoms with Gasteiger partial charge in [-0.05, 0) is 6.42 Å². The minimum atomic E-state index is -2.77. The van der Waals surface area contributed by atoms with Gasteiger partial charge in [0.05, 0.1) is 6.54 Å². The molecule has 2 rings (SSSR count). The molecule has 0 amide bonds. The zero-order chi connectivity index (χ0) is 13.7. The molecule has 1 aromatic rings. The molecule has 1 atom stereocenters. The van der Waals surface area contributed by atoms with Gasteiger partial charge in [0.25, 0.3) is 5.92 Å². The molecule has 0 aliphatic carbocycles. The zero-order valence-electron chi connectivity index (χ0n) is 11.4. The summed E-state index contributed by atoms with van der Waals surface area (Å²) in [6.45, 7) is 4.16. The lowest BCUT2D eigenvalue weighted by atomic mass is 10.1. The van der Waals surface area contributed by atoms with Crippen LogP contribution >= 0.6 is 0 Å². The van der Waals surface area contributed by atoms with Crippen LogP contribution in [0.25, 0.3) is 0 Å². The first kappa shape index (κ1) is 14.4. The molecule has 19 heavy (non-hydrogen) atoms. The second kappa shape index (κ2) is 6.44. The predicted octanol–water partition coefficient (Wildman–Crippen LogP) is 2.85. The van der Waals surface area contributed by atoms with Crippen LogP contribution in [0.1, 0.15) is 25.3 Å². The third kappa shape index (κ3) is 3.98. The van der Waals surface area contributed by atoms with Crippen molar-refractivity contribution >= 4 is 0 Å². The number of alkyl halides is 2.